The first kappa shape index (κ1) is 12.0. The molecule has 0 atom stereocenters. The predicted molar refractivity (Wildman–Crippen MR) is 68.8 cm³/mol. The number of aromatic nitrogens is 2. The van der Waals surface area contributed by atoms with Crippen LogP contribution in [-0.2, 0) is 0 Å². The average Bonchev–Trinajstić information content (AvgIpc) is 2.39. The Morgan fingerprint density at radius 2 is 2.00 bits per heavy atom. The van der Waals surface area contributed by atoms with Gasteiger partial charge >= 0.3 is 5.97 Å². The van der Waals surface area contributed by atoms with E-state index in [1.807, 2.05) is 31.1 Å². The van der Waals surface area contributed by atoms with Crippen LogP contribution in [0.3, 0.4) is 0 Å². The van der Waals surface area contributed by atoms with Gasteiger partial charge in [0.05, 0.1) is 11.3 Å². The standard InChI is InChI=1S/C13H13N3O2/c1-16(2)12-7-11(14-8-15-12)9-4-3-5-10(6-9)13(17)18/h3-8H,1-2H3,(H,17,18). The van der Waals surface area contributed by atoms with E-state index in [2.05, 4.69) is 9.97 Å². The van der Waals surface area contributed by atoms with Crippen LogP contribution < -0.4 is 4.90 Å². The summed E-state index contributed by atoms with van der Waals surface area (Å²) in [7, 11) is 3.78. The summed E-state index contributed by atoms with van der Waals surface area (Å²) < 4.78 is 0. The third kappa shape index (κ3) is 2.45. The highest BCUT2D eigenvalue weighted by Gasteiger charge is 2.07. The van der Waals surface area contributed by atoms with Gasteiger partial charge in [-0.05, 0) is 12.1 Å². The molecular weight excluding hydrogens is 230 g/mol. The van der Waals surface area contributed by atoms with Crippen LogP contribution in [0.25, 0.3) is 11.3 Å². The Bertz CT molecular complexity index is 582. The van der Waals surface area contributed by atoms with Crippen molar-refractivity contribution >= 4 is 11.8 Å². The Balaban J connectivity index is 2.45. The molecule has 0 aliphatic rings. The normalized spacial score (nSPS) is 10.1. The van der Waals surface area contributed by atoms with E-state index < -0.39 is 5.97 Å². The summed E-state index contributed by atoms with van der Waals surface area (Å²) in [5.41, 5.74) is 1.72. The number of carboxylic acid groups (broad SMARTS) is 1. The molecule has 1 aromatic carbocycles. The van der Waals surface area contributed by atoms with Crippen molar-refractivity contribution in [2.75, 3.05) is 19.0 Å². The maximum Gasteiger partial charge on any atom is 0.335 e. The van der Waals surface area contributed by atoms with Gasteiger partial charge in [-0.3, -0.25) is 0 Å². The average molecular weight is 243 g/mol. The zero-order chi connectivity index (χ0) is 13.1. The molecule has 0 unspecified atom stereocenters. The number of aromatic carboxylic acids is 1. The summed E-state index contributed by atoms with van der Waals surface area (Å²) in [5.74, 6) is -0.167. The maximum atomic E-state index is 10.9. The molecule has 2 aromatic rings. The Labute approximate surface area is 105 Å². The Morgan fingerprint density at radius 3 is 2.67 bits per heavy atom. The molecule has 0 saturated carbocycles. The first-order valence-corrected chi connectivity index (χ1v) is 5.41. The second-order valence-electron chi connectivity index (χ2n) is 4.04. The lowest BCUT2D eigenvalue weighted by Gasteiger charge is -2.11. The highest BCUT2D eigenvalue weighted by molar-refractivity contribution is 5.89. The lowest BCUT2D eigenvalue weighted by atomic mass is 10.1. The number of carboxylic acids is 1. The summed E-state index contributed by atoms with van der Waals surface area (Å²) in [4.78, 5) is 21.1. The number of hydrogen-bond donors (Lipinski definition) is 1. The summed E-state index contributed by atoms with van der Waals surface area (Å²) in [6.45, 7) is 0. The summed E-state index contributed by atoms with van der Waals surface area (Å²) in [6.07, 6.45) is 1.47. The van der Waals surface area contributed by atoms with Crippen LogP contribution in [0.1, 0.15) is 10.4 Å². The third-order valence-corrected chi connectivity index (χ3v) is 2.52. The van der Waals surface area contributed by atoms with Crippen LogP contribution in [0.2, 0.25) is 0 Å². The molecule has 1 heterocycles. The van der Waals surface area contributed by atoms with E-state index in [0.717, 1.165) is 11.4 Å². The van der Waals surface area contributed by atoms with Crippen molar-refractivity contribution in [1.29, 1.82) is 0 Å². The van der Waals surface area contributed by atoms with Gasteiger partial charge in [0.25, 0.3) is 0 Å². The van der Waals surface area contributed by atoms with Crippen LogP contribution in [-0.4, -0.2) is 35.1 Å². The molecule has 18 heavy (non-hydrogen) atoms. The monoisotopic (exact) mass is 243 g/mol. The van der Waals surface area contributed by atoms with E-state index >= 15 is 0 Å². The fraction of sp³-hybridized carbons (Fsp3) is 0.154. The Kier molecular flexibility index (Phi) is 3.23. The lowest BCUT2D eigenvalue weighted by molar-refractivity contribution is 0.0697. The summed E-state index contributed by atoms with van der Waals surface area (Å²) in [5, 5.41) is 8.96. The van der Waals surface area contributed by atoms with E-state index in [4.69, 9.17) is 5.11 Å². The second-order valence-corrected chi connectivity index (χ2v) is 4.04. The topological polar surface area (TPSA) is 66.3 Å². The molecule has 0 amide bonds. The number of hydrogen-bond acceptors (Lipinski definition) is 4. The minimum atomic E-state index is -0.946. The van der Waals surface area contributed by atoms with E-state index in [-0.39, 0.29) is 5.56 Å². The molecule has 2 rings (SSSR count). The van der Waals surface area contributed by atoms with Gasteiger partial charge in [-0.25, -0.2) is 14.8 Å². The van der Waals surface area contributed by atoms with E-state index in [1.165, 1.54) is 6.33 Å². The van der Waals surface area contributed by atoms with Crippen molar-refractivity contribution in [3.8, 4) is 11.3 Å². The van der Waals surface area contributed by atoms with Crippen molar-refractivity contribution in [2.24, 2.45) is 0 Å². The number of carbonyl (C=O) groups is 1. The van der Waals surface area contributed by atoms with Gasteiger partial charge in [-0.1, -0.05) is 12.1 Å². The highest BCUT2D eigenvalue weighted by atomic mass is 16.4. The zero-order valence-electron chi connectivity index (χ0n) is 10.2. The highest BCUT2D eigenvalue weighted by Crippen LogP contribution is 2.20. The maximum absolute atomic E-state index is 10.9. The minimum Gasteiger partial charge on any atom is -0.478 e. The smallest absolute Gasteiger partial charge is 0.335 e. The molecule has 1 N–H and O–H groups in total. The van der Waals surface area contributed by atoms with Crippen molar-refractivity contribution in [2.45, 2.75) is 0 Å². The number of nitrogens with zero attached hydrogens (tertiary/aromatic N) is 3. The first-order valence-electron chi connectivity index (χ1n) is 5.41. The molecule has 0 aliphatic heterocycles. The summed E-state index contributed by atoms with van der Waals surface area (Å²) in [6, 6.07) is 8.51. The van der Waals surface area contributed by atoms with Gasteiger partial charge < -0.3 is 10.0 Å². The third-order valence-electron chi connectivity index (χ3n) is 2.52. The van der Waals surface area contributed by atoms with E-state index in [0.29, 0.717) is 5.69 Å². The molecule has 92 valence electrons. The molecule has 0 aliphatic carbocycles. The fourth-order valence-electron chi connectivity index (χ4n) is 1.56. The number of anilines is 1. The predicted octanol–water partition coefficient (Wildman–Crippen LogP) is 1.91. The lowest BCUT2D eigenvalue weighted by Crippen LogP contribution is -2.10. The molecule has 0 radical (unpaired) electrons. The molecule has 1 aromatic heterocycles. The zero-order valence-corrected chi connectivity index (χ0v) is 10.2. The number of benzene rings is 1. The van der Waals surface area contributed by atoms with Crippen LogP contribution in [0, 0.1) is 0 Å². The second kappa shape index (κ2) is 4.83. The fourth-order valence-corrected chi connectivity index (χ4v) is 1.56. The van der Waals surface area contributed by atoms with Gasteiger partial charge in [0.2, 0.25) is 0 Å². The van der Waals surface area contributed by atoms with Gasteiger partial charge in [0.15, 0.2) is 0 Å². The molecule has 5 nitrogen and oxygen atoms in total. The van der Waals surface area contributed by atoms with E-state index in [9.17, 15) is 4.79 Å². The van der Waals surface area contributed by atoms with Crippen molar-refractivity contribution in [3.05, 3.63) is 42.2 Å². The van der Waals surface area contributed by atoms with Crippen LogP contribution in [0.15, 0.2) is 36.7 Å². The molecular formula is C13H13N3O2. The van der Waals surface area contributed by atoms with Crippen molar-refractivity contribution in [3.63, 3.8) is 0 Å². The Hall–Kier alpha value is -2.43. The van der Waals surface area contributed by atoms with Crippen LogP contribution in [0.5, 0.6) is 0 Å². The molecule has 0 spiro atoms. The van der Waals surface area contributed by atoms with Gasteiger partial charge in [-0.15, -0.1) is 0 Å². The van der Waals surface area contributed by atoms with Crippen LogP contribution >= 0.6 is 0 Å². The first-order chi connectivity index (χ1) is 8.58. The Morgan fingerprint density at radius 1 is 1.22 bits per heavy atom. The molecule has 5 heteroatoms. The van der Waals surface area contributed by atoms with Crippen LogP contribution in [0.4, 0.5) is 5.82 Å². The van der Waals surface area contributed by atoms with Crippen molar-refractivity contribution in [1.82, 2.24) is 9.97 Å². The minimum absolute atomic E-state index is 0.248. The molecule has 0 bridgehead atoms. The molecule has 0 saturated heterocycles. The van der Waals surface area contributed by atoms with Gasteiger partial charge in [0, 0.05) is 25.7 Å². The van der Waals surface area contributed by atoms with Gasteiger partial charge in [0.1, 0.15) is 12.1 Å². The number of rotatable bonds is 3. The SMILES string of the molecule is CN(C)c1cc(-c2cccc(C(=O)O)c2)ncn1. The quantitative estimate of drug-likeness (QED) is 0.891. The van der Waals surface area contributed by atoms with E-state index in [1.54, 1.807) is 18.2 Å². The molecule has 0 fully saturated rings. The largest absolute Gasteiger partial charge is 0.478 e. The summed E-state index contributed by atoms with van der Waals surface area (Å²) >= 11 is 0. The van der Waals surface area contributed by atoms with Crippen molar-refractivity contribution < 1.29 is 9.90 Å². The van der Waals surface area contributed by atoms with Gasteiger partial charge in [-0.2, -0.15) is 0 Å².